The van der Waals surface area contributed by atoms with Crippen LogP contribution in [-0.2, 0) is 5.75 Å². The van der Waals surface area contributed by atoms with Crippen LogP contribution in [0.15, 0.2) is 71.6 Å². The van der Waals surface area contributed by atoms with E-state index >= 15 is 0 Å². The minimum atomic E-state index is 0.712. The van der Waals surface area contributed by atoms with Crippen LogP contribution in [0, 0.1) is 11.3 Å². The molecule has 96 valence electrons. The maximum Gasteiger partial charge on any atom is 0.0991 e. The smallest absolute Gasteiger partial charge is 0.0991 e. The van der Waals surface area contributed by atoms with Gasteiger partial charge in [0.05, 0.1) is 11.6 Å². The molecule has 1 nitrogen and oxygen atoms in total. The number of nitrogens with zero attached hydrogens (tertiary/aromatic N) is 1. The maximum absolute atomic E-state index is 8.80. The van der Waals surface area contributed by atoms with Crippen LogP contribution in [0.2, 0.25) is 0 Å². The van der Waals surface area contributed by atoms with Gasteiger partial charge in [-0.3, -0.25) is 0 Å². The second-order valence-corrected chi connectivity index (χ2v) is 5.59. The molecule has 0 aliphatic rings. The van der Waals surface area contributed by atoms with Crippen molar-refractivity contribution < 1.29 is 0 Å². The summed E-state index contributed by atoms with van der Waals surface area (Å²) in [6.45, 7) is 0. The van der Waals surface area contributed by atoms with Crippen molar-refractivity contribution in [3.8, 4) is 6.07 Å². The first kappa shape index (κ1) is 12.8. The zero-order valence-electron chi connectivity index (χ0n) is 10.9. The Hall–Kier alpha value is -2.24. The number of hydrogen-bond acceptors (Lipinski definition) is 2. The van der Waals surface area contributed by atoms with Crippen molar-refractivity contribution in [3.63, 3.8) is 0 Å². The highest BCUT2D eigenvalue weighted by molar-refractivity contribution is 7.98. The molecule has 0 heterocycles. The summed E-state index contributed by atoms with van der Waals surface area (Å²) in [5.41, 5.74) is 1.95. The number of nitriles is 1. The fourth-order valence-corrected chi connectivity index (χ4v) is 3.19. The van der Waals surface area contributed by atoms with Crippen molar-refractivity contribution in [2.24, 2.45) is 0 Å². The number of rotatable bonds is 3. The average molecular weight is 275 g/mol. The van der Waals surface area contributed by atoms with Gasteiger partial charge in [0.15, 0.2) is 0 Å². The van der Waals surface area contributed by atoms with Crippen molar-refractivity contribution in [3.05, 3.63) is 77.9 Å². The molecule has 0 spiro atoms. The third kappa shape index (κ3) is 2.68. The van der Waals surface area contributed by atoms with Crippen LogP contribution in [0.5, 0.6) is 0 Å². The molecular weight excluding hydrogens is 262 g/mol. The zero-order chi connectivity index (χ0) is 13.8. The van der Waals surface area contributed by atoms with Crippen LogP contribution in [0.25, 0.3) is 10.8 Å². The lowest BCUT2D eigenvalue weighted by atomic mass is 10.1. The van der Waals surface area contributed by atoms with E-state index in [1.54, 1.807) is 0 Å². The SMILES string of the molecule is N#Cc1ccc(CSc2cccc3ccccc23)cc1. The lowest BCUT2D eigenvalue weighted by Gasteiger charge is -2.06. The molecule has 0 saturated heterocycles. The fraction of sp³-hybridized carbons (Fsp3) is 0.0556. The molecule has 0 bridgehead atoms. The van der Waals surface area contributed by atoms with Crippen molar-refractivity contribution in [1.82, 2.24) is 0 Å². The summed E-state index contributed by atoms with van der Waals surface area (Å²) < 4.78 is 0. The van der Waals surface area contributed by atoms with Crippen molar-refractivity contribution in [2.75, 3.05) is 0 Å². The minimum Gasteiger partial charge on any atom is -0.192 e. The number of thioether (sulfide) groups is 1. The summed E-state index contributed by atoms with van der Waals surface area (Å²) in [4.78, 5) is 1.30. The lowest BCUT2D eigenvalue weighted by molar-refractivity contribution is 1.38. The molecule has 0 aromatic heterocycles. The molecule has 0 unspecified atom stereocenters. The molecule has 0 atom stereocenters. The highest BCUT2D eigenvalue weighted by Gasteiger charge is 2.01. The highest BCUT2D eigenvalue weighted by atomic mass is 32.2. The predicted octanol–water partition coefficient (Wildman–Crippen LogP) is 5.00. The minimum absolute atomic E-state index is 0.712. The largest absolute Gasteiger partial charge is 0.192 e. The second-order valence-electron chi connectivity index (χ2n) is 4.57. The van der Waals surface area contributed by atoms with Gasteiger partial charge in [0.2, 0.25) is 0 Å². The van der Waals surface area contributed by atoms with Gasteiger partial charge < -0.3 is 0 Å². The molecule has 20 heavy (non-hydrogen) atoms. The first-order valence-electron chi connectivity index (χ1n) is 6.46. The summed E-state index contributed by atoms with van der Waals surface area (Å²) in [6.07, 6.45) is 0. The molecule has 0 amide bonds. The molecule has 3 aromatic rings. The Labute approximate surface area is 122 Å². The van der Waals surface area contributed by atoms with Gasteiger partial charge in [-0.05, 0) is 34.5 Å². The van der Waals surface area contributed by atoms with Gasteiger partial charge in [0.25, 0.3) is 0 Å². The molecule has 3 aromatic carbocycles. The Morgan fingerprint density at radius 2 is 1.60 bits per heavy atom. The van der Waals surface area contributed by atoms with Gasteiger partial charge in [-0.1, -0.05) is 48.5 Å². The van der Waals surface area contributed by atoms with Gasteiger partial charge in [-0.15, -0.1) is 11.8 Å². The topological polar surface area (TPSA) is 23.8 Å². The molecule has 0 aliphatic carbocycles. The van der Waals surface area contributed by atoms with Gasteiger partial charge in [0.1, 0.15) is 0 Å². The van der Waals surface area contributed by atoms with E-state index in [0.717, 1.165) is 5.75 Å². The predicted molar refractivity (Wildman–Crippen MR) is 84.7 cm³/mol. The van der Waals surface area contributed by atoms with Crippen molar-refractivity contribution in [1.29, 1.82) is 5.26 Å². The quantitative estimate of drug-likeness (QED) is 0.628. The van der Waals surface area contributed by atoms with E-state index in [-0.39, 0.29) is 0 Å². The summed E-state index contributed by atoms with van der Waals surface area (Å²) in [5, 5.41) is 11.4. The molecular formula is C18H13NS. The van der Waals surface area contributed by atoms with E-state index in [0.29, 0.717) is 5.56 Å². The summed E-state index contributed by atoms with van der Waals surface area (Å²) in [7, 11) is 0. The zero-order valence-corrected chi connectivity index (χ0v) is 11.7. The van der Waals surface area contributed by atoms with Gasteiger partial charge in [-0.25, -0.2) is 0 Å². The van der Waals surface area contributed by atoms with Crippen LogP contribution in [0.1, 0.15) is 11.1 Å². The number of hydrogen-bond donors (Lipinski definition) is 0. The summed E-state index contributed by atoms with van der Waals surface area (Å²) in [6, 6.07) is 24.8. The second kappa shape index (κ2) is 5.81. The monoisotopic (exact) mass is 275 g/mol. The Morgan fingerprint density at radius 1 is 0.850 bits per heavy atom. The number of benzene rings is 3. The normalized spacial score (nSPS) is 10.3. The third-order valence-electron chi connectivity index (χ3n) is 3.23. The first-order valence-corrected chi connectivity index (χ1v) is 7.45. The van der Waals surface area contributed by atoms with E-state index in [2.05, 4.69) is 48.5 Å². The molecule has 2 heteroatoms. The lowest BCUT2D eigenvalue weighted by Crippen LogP contribution is -1.83. The standard InChI is InChI=1S/C18H13NS/c19-12-14-8-10-15(11-9-14)13-20-18-7-3-5-16-4-1-2-6-17(16)18/h1-11H,13H2. The Kier molecular flexibility index (Phi) is 3.71. The van der Waals surface area contributed by atoms with Crippen molar-refractivity contribution >= 4 is 22.5 Å². The molecule has 0 saturated carbocycles. The molecule has 3 rings (SSSR count). The molecule has 0 N–H and O–H groups in total. The summed E-state index contributed by atoms with van der Waals surface area (Å²) >= 11 is 1.83. The van der Waals surface area contributed by atoms with E-state index in [1.165, 1.54) is 21.2 Å². The van der Waals surface area contributed by atoms with Gasteiger partial charge in [0, 0.05) is 10.6 Å². The van der Waals surface area contributed by atoms with Gasteiger partial charge >= 0.3 is 0 Å². The van der Waals surface area contributed by atoms with Crippen LogP contribution in [-0.4, -0.2) is 0 Å². The van der Waals surface area contributed by atoms with E-state index in [9.17, 15) is 0 Å². The maximum atomic E-state index is 8.80. The average Bonchev–Trinajstić information content (AvgIpc) is 2.53. The molecule has 0 radical (unpaired) electrons. The third-order valence-corrected chi connectivity index (χ3v) is 4.37. The van der Waals surface area contributed by atoms with E-state index in [4.69, 9.17) is 5.26 Å². The van der Waals surface area contributed by atoms with Gasteiger partial charge in [-0.2, -0.15) is 5.26 Å². The first-order chi connectivity index (χ1) is 9.86. The Balaban J connectivity index is 1.81. The highest BCUT2D eigenvalue weighted by Crippen LogP contribution is 2.30. The fourth-order valence-electron chi connectivity index (χ4n) is 2.16. The van der Waals surface area contributed by atoms with Crippen LogP contribution in [0.4, 0.5) is 0 Å². The molecule has 0 fully saturated rings. The van der Waals surface area contributed by atoms with E-state index < -0.39 is 0 Å². The van der Waals surface area contributed by atoms with Crippen molar-refractivity contribution in [2.45, 2.75) is 10.6 Å². The summed E-state index contributed by atoms with van der Waals surface area (Å²) in [5.74, 6) is 0.916. The van der Waals surface area contributed by atoms with Crippen LogP contribution >= 0.6 is 11.8 Å². The van der Waals surface area contributed by atoms with Crippen LogP contribution < -0.4 is 0 Å². The Morgan fingerprint density at radius 3 is 2.40 bits per heavy atom. The Bertz CT molecular complexity index is 764. The van der Waals surface area contributed by atoms with E-state index in [1.807, 2.05) is 36.0 Å². The van der Waals surface area contributed by atoms with Crippen LogP contribution in [0.3, 0.4) is 0 Å². The molecule has 0 aliphatic heterocycles. The number of fused-ring (bicyclic) bond motifs is 1.